The number of fused-ring (bicyclic) bond motifs is 5. The molecule has 1 fully saturated rings. The lowest BCUT2D eigenvalue weighted by Gasteiger charge is -2.35. The number of nitrogens with one attached hydrogen (secondary N) is 1. The molecule has 3 aromatic carbocycles. The molecule has 7 heteroatoms. The van der Waals surface area contributed by atoms with Crippen LogP contribution in [0.1, 0.15) is 60.7 Å². The van der Waals surface area contributed by atoms with Gasteiger partial charge in [0.25, 0.3) is 5.91 Å². The molecule has 3 aliphatic rings. The lowest BCUT2D eigenvalue weighted by Crippen LogP contribution is -2.32. The number of nitrogens with zero attached hydrogens (tertiary/aromatic N) is 1. The maximum absolute atomic E-state index is 15.9. The zero-order valence-corrected chi connectivity index (χ0v) is 22.5. The van der Waals surface area contributed by atoms with Gasteiger partial charge in [-0.15, -0.1) is 0 Å². The average molecular weight is 527 g/mol. The monoisotopic (exact) mass is 526 g/mol. The molecular weight excluding hydrogens is 495 g/mol. The molecule has 6 nitrogen and oxygen atoms in total. The first-order valence-corrected chi connectivity index (χ1v) is 13.2. The Balaban J connectivity index is 1.57. The molecule has 3 aromatic rings. The Bertz CT molecular complexity index is 1580. The minimum absolute atomic E-state index is 0.00152. The molecule has 3 aliphatic heterocycles. The highest BCUT2D eigenvalue weighted by molar-refractivity contribution is 6.02. The molecule has 1 amide bonds. The number of phenolic OH excluding ortho intramolecular Hbond substituents is 1. The number of likely N-dealkylation sites (tertiary alicyclic amines) is 1. The summed E-state index contributed by atoms with van der Waals surface area (Å²) in [4.78, 5) is 14.8. The first-order chi connectivity index (χ1) is 18.7. The fourth-order valence-corrected chi connectivity index (χ4v) is 6.01. The number of phenols is 1. The number of methoxy groups -OCH3 is 1. The van der Waals surface area contributed by atoms with Gasteiger partial charge in [-0.25, -0.2) is 4.39 Å². The van der Waals surface area contributed by atoms with E-state index in [2.05, 4.69) is 25.2 Å². The molecular formula is C32H31FN2O4. The fraction of sp³-hybridized carbons (Fsp3) is 0.281. The molecule has 200 valence electrons. The number of allylic oxidation sites excluding steroid dienone is 1. The number of ether oxygens (including phenoxy) is 2. The van der Waals surface area contributed by atoms with Crippen molar-refractivity contribution in [2.75, 3.05) is 25.5 Å². The maximum Gasteiger partial charge on any atom is 0.256 e. The van der Waals surface area contributed by atoms with Gasteiger partial charge < -0.3 is 24.8 Å². The quantitative estimate of drug-likeness (QED) is 0.387. The van der Waals surface area contributed by atoms with Gasteiger partial charge in [-0.2, -0.15) is 0 Å². The highest BCUT2D eigenvalue weighted by Gasteiger charge is 2.34. The van der Waals surface area contributed by atoms with E-state index in [1.807, 2.05) is 19.1 Å². The van der Waals surface area contributed by atoms with Crippen molar-refractivity contribution < 1.29 is 23.8 Å². The summed E-state index contributed by atoms with van der Waals surface area (Å²) in [5.41, 5.74) is 5.15. The van der Waals surface area contributed by atoms with Crippen LogP contribution in [0.15, 0.2) is 48.5 Å². The number of aromatic hydroxyl groups is 1. The van der Waals surface area contributed by atoms with E-state index in [-0.39, 0.29) is 28.3 Å². The normalized spacial score (nSPS) is 17.9. The van der Waals surface area contributed by atoms with Crippen LogP contribution in [0.25, 0.3) is 28.5 Å². The Morgan fingerprint density at radius 1 is 1.10 bits per heavy atom. The Hall–Kier alpha value is -4.26. The van der Waals surface area contributed by atoms with Gasteiger partial charge in [-0.05, 0) is 69.5 Å². The van der Waals surface area contributed by atoms with E-state index in [0.29, 0.717) is 35.9 Å². The summed E-state index contributed by atoms with van der Waals surface area (Å²) < 4.78 is 27.9. The molecule has 6 rings (SSSR count). The number of carbonyl (C=O) groups excluding carboxylic acids is 1. The number of hydrogen-bond donors (Lipinski definition) is 2. The van der Waals surface area contributed by atoms with Gasteiger partial charge in [-0.1, -0.05) is 24.3 Å². The minimum atomic E-state index is -0.572. The van der Waals surface area contributed by atoms with Crippen LogP contribution >= 0.6 is 0 Å². The SMILES string of the molecule is COc1c(O)ccc2c1-c1ccc3c(c1/C(=C/c1cccc(C(=O)N4CCCC4)c1F)O2)C(C)=CC(C)(C)N3. The number of anilines is 1. The van der Waals surface area contributed by atoms with Crippen molar-refractivity contribution in [1.82, 2.24) is 4.90 Å². The van der Waals surface area contributed by atoms with Crippen molar-refractivity contribution in [2.45, 2.75) is 39.2 Å². The second-order valence-corrected chi connectivity index (χ2v) is 10.9. The van der Waals surface area contributed by atoms with Crippen molar-refractivity contribution in [1.29, 1.82) is 0 Å². The number of rotatable bonds is 3. The van der Waals surface area contributed by atoms with Crippen molar-refractivity contribution in [3.63, 3.8) is 0 Å². The Kier molecular flexibility index (Phi) is 5.90. The molecule has 1 saturated heterocycles. The third-order valence-corrected chi connectivity index (χ3v) is 7.61. The summed E-state index contributed by atoms with van der Waals surface area (Å²) >= 11 is 0. The fourth-order valence-electron chi connectivity index (χ4n) is 6.01. The number of benzene rings is 3. The van der Waals surface area contributed by atoms with Gasteiger partial charge in [0.2, 0.25) is 0 Å². The summed E-state index contributed by atoms with van der Waals surface area (Å²) in [5, 5.41) is 14.1. The standard InChI is InChI=1S/C32H31FN2O4/c1-18-17-32(2,3)34-22-11-10-20-27(26(18)22)25(39-24-13-12-23(36)30(38-4)28(20)24)16-19-8-7-9-21(29(19)33)31(37)35-14-5-6-15-35/h7-13,16-17,34,36H,5-6,14-15H2,1-4H3/b25-16-. The van der Waals surface area contributed by atoms with Gasteiger partial charge >= 0.3 is 0 Å². The molecule has 2 N–H and O–H groups in total. The van der Waals surface area contributed by atoms with Crippen LogP contribution in [0.5, 0.6) is 17.2 Å². The molecule has 0 saturated carbocycles. The zero-order valence-electron chi connectivity index (χ0n) is 22.5. The van der Waals surface area contributed by atoms with Crippen molar-refractivity contribution in [2.24, 2.45) is 0 Å². The van der Waals surface area contributed by atoms with Gasteiger partial charge in [0.05, 0.1) is 23.8 Å². The molecule has 0 radical (unpaired) electrons. The number of halogens is 1. The van der Waals surface area contributed by atoms with Crippen LogP contribution in [0, 0.1) is 5.82 Å². The second-order valence-electron chi connectivity index (χ2n) is 10.9. The van der Waals surface area contributed by atoms with Gasteiger partial charge in [0.1, 0.15) is 17.3 Å². The summed E-state index contributed by atoms with van der Waals surface area (Å²) in [6.07, 6.45) is 5.68. The molecule has 39 heavy (non-hydrogen) atoms. The van der Waals surface area contributed by atoms with Crippen LogP contribution in [0.2, 0.25) is 0 Å². The van der Waals surface area contributed by atoms with Crippen molar-refractivity contribution >= 4 is 29.0 Å². The van der Waals surface area contributed by atoms with Gasteiger partial charge in [0, 0.05) is 41.0 Å². The van der Waals surface area contributed by atoms with Crippen LogP contribution in [-0.2, 0) is 0 Å². The van der Waals surface area contributed by atoms with Gasteiger partial charge in [0.15, 0.2) is 11.5 Å². The molecule has 0 aromatic heterocycles. The second kappa shape index (κ2) is 9.19. The molecule has 0 aliphatic carbocycles. The van der Waals surface area contributed by atoms with Crippen LogP contribution < -0.4 is 14.8 Å². The third-order valence-electron chi connectivity index (χ3n) is 7.61. The highest BCUT2D eigenvalue weighted by Crippen LogP contribution is 2.54. The van der Waals surface area contributed by atoms with E-state index < -0.39 is 5.82 Å². The average Bonchev–Trinajstić information content (AvgIpc) is 3.44. The van der Waals surface area contributed by atoms with E-state index in [4.69, 9.17) is 9.47 Å². The highest BCUT2D eigenvalue weighted by atomic mass is 19.1. The van der Waals surface area contributed by atoms with E-state index in [0.717, 1.165) is 40.8 Å². The van der Waals surface area contributed by atoms with E-state index in [9.17, 15) is 9.90 Å². The first kappa shape index (κ1) is 25.0. The predicted octanol–water partition coefficient (Wildman–Crippen LogP) is 6.94. The summed E-state index contributed by atoms with van der Waals surface area (Å²) in [6.45, 7) is 7.53. The van der Waals surface area contributed by atoms with Crippen molar-refractivity contribution in [3.8, 4) is 28.4 Å². The molecule has 0 atom stereocenters. The lowest BCUT2D eigenvalue weighted by molar-refractivity contribution is 0.0788. The first-order valence-electron chi connectivity index (χ1n) is 13.2. The maximum atomic E-state index is 15.9. The topological polar surface area (TPSA) is 71.0 Å². The van der Waals surface area contributed by atoms with Crippen molar-refractivity contribution in [3.05, 3.63) is 76.6 Å². The van der Waals surface area contributed by atoms with E-state index in [1.54, 1.807) is 29.2 Å². The van der Waals surface area contributed by atoms with E-state index >= 15 is 4.39 Å². The molecule has 0 spiro atoms. The van der Waals surface area contributed by atoms with E-state index in [1.165, 1.54) is 19.2 Å². The van der Waals surface area contributed by atoms with Crippen LogP contribution in [-0.4, -0.2) is 41.7 Å². The molecule has 0 bridgehead atoms. The predicted molar refractivity (Wildman–Crippen MR) is 151 cm³/mol. The van der Waals surface area contributed by atoms with Gasteiger partial charge in [-0.3, -0.25) is 4.79 Å². The lowest BCUT2D eigenvalue weighted by atomic mass is 9.82. The zero-order chi connectivity index (χ0) is 27.5. The number of hydrogen-bond acceptors (Lipinski definition) is 5. The largest absolute Gasteiger partial charge is 0.504 e. The van der Waals surface area contributed by atoms with Crippen LogP contribution in [0.4, 0.5) is 10.1 Å². The molecule has 0 unspecified atom stereocenters. The molecule has 3 heterocycles. The Morgan fingerprint density at radius 2 is 1.87 bits per heavy atom. The minimum Gasteiger partial charge on any atom is -0.504 e. The smallest absolute Gasteiger partial charge is 0.256 e. The third kappa shape index (κ3) is 4.13. The summed E-state index contributed by atoms with van der Waals surface area (Å²) in [6, 6.07) is 12.1. The Labute approximate surface area is 227 Å². The van der Waals surface area contributed by atoms with Crippen LogP contribution in [0.3, 0.4) is 0 Å². The summed E-state index contributed by atoms with van der Waals surface area (Å²) in [7, 11) is 1.51. The Morgan fingerprint density at radius 3 is 2.62 bits per heavy atom. The number of amides is 1. The number of carbonyl (C=O) groups is 1. The summed E-state index contributed by atoms with van der Waals surface area (Å²) in [5.74, 6) is 0.380.